The molecule has 2 rings (SSSR count). The Morgan fingerprint density at radius 2 is 1.80 bits per heavy atom. The van der Waals surface area contributed by atoms with E-state index in [1.807, 2.05) is 12.4 Å². The highest BCUT2D eigenvalue weighted by atomic mass is 14.9. The van der Waals surface area contributed by atoms with Crippen molar-refractivity contribution in [3.05, 3.63) is 29.6 Å². The predicted molar refractivity (Wildman–Crippen MR) is 85.7 cm³/mol. The van der Waals surface area contributed by atoms with Crippen molar-refractivity contribution in [2.24, 2.45) is 17.3 Å². The van der Waals surface area contributed by atoms with E-state index in [1.54, 1.807) is 0 Å². The summed E-state index contributed by atoms with van der Waals surface area (Å²) in [5.74, 6) is 1.63. The molecule has 2 nitrogen and oxygen atoms in total. The molecule has 20 heavy (non-hydrogen) atoms. The number of hydrogen-bond donors (Lipinski definition) is 1. The molecule has 1 heterocycles. The first-order chi connectivity index (χ1) is 9.41. The lowest BCUT2D eigenvalue weighted by Crippen LogP contribution is -2.32. The van der Waals surface area contributed by atoms with Gasteiger partial charge in [-0.25, -0.2) is 0 Å². The van der Waals surface area contributed by atoms with Crippen LogP contribution in [0.4, 0.5) is 0 Å². The summed E-state index contributed by atoms with van der Waals surface area (Å²) >= 11 is 0. The van der Waals surface area contributed by atoms with Crippen molar-refractivity contribution < 1.29 is 0 Å². The van der Waals surface area contributed by atoms with E-state index in [0.29, 0.717) is 11.5 Å². The van der Waals surface area contributed by atoms with E-state index in [0.717, 1.165) is 11.8 Å². The van der Waals surface area contributed by atoms with Crippen molar-refractivity contribution in [2.45, 2.75) is 59.4 Å². The van der Waals surface area contributed by atoms with E-state index in [1.165, 1.54) is 36.8 Å². The van der Waals surface area contributed by atoms with Gasteiger partial charge in [0.15, 0.2) is 0 Å². The smallest absolute Gasteiger partial charge is 0.0361 e. The van der Waals surface area contributed by atoms with Gasteiger partial charge in [0.05, 0.1) is 0 Å². The quantitative estimate of drug-likeness (QED) is 0.877. The molecule has 1 fully saturated rings. The van der Waals surface area contributed by atoms with Gasteiger partial charge in [0.1, 0.15) is 0 Å². The molecule has 1 N–H and O–H groups in total. The zero-order valence-electron chi connectivity index (χ0n) is 13.7. The zero-order chi connectivity index (χ0) is 14.8. The van der Waals surface area contributed by atoms with Gasteiger partial charge in [-0.1, -0.05) is 26.8 Å². The van der Waals surface area contributed by atoms with Crippen LogP contribution in [0.25, 0.3) is 0 Å². The maximum atomic E-state index is 4.36. The second-order valence-corrected chi connectivity index (χ2v) is 7.54. The molecule has 0 radical (unpaired) electrons. The van der Waals surface area contributed by atoms with Crippen molar-refractivity contribution in [3.8, 4) is 0 Å². The van der Waals surface area contributed by atoms with E-state index in [-0.39, 0.29) is 0 Å². The molecule has 1 unspecified atom stereocenters. The molecule has 2 heteroatoms. The molecule has 0 aromatic carbocycles. The second kappa shape index (κ2) is 6.26. The number of rotatable bonds is 3. The highest BCUT2D eigenvalue weighted by molar-refractivity contribution is 5.21. The molecule has 1 aliphatic carbocycles. The lowest BCUT2D eigenvalue weighted by Gasteiger charge is -2.39. The number of nitrogens with one attached hydrogen (secondary N) is 1. The van der Waals surface area contributed by atoms with Gasteiger partial charge in [-0.2, -0.15) is 0 Å². The SMILES string of the molecule is CNC(c1cncc(C)c1)C1CCC(C(C)(C)C)CC1. The number of nitrogens with zero attached hydrogens (tertiary/aromatic N) is 1. The van der Waals surface area contributed by atoms with Crippen molar-refractivity contribution >= 4 is 0 Å². The van der Waals surface area contributed by atoms with Crippen LogP contribution < -0.4 is 5.32 Å². The Bertz CT molecular complexity index is 425. The monoisotopic (exact) mass is 274 g/mol. The van der Waals surface area contributed by atoms with E-state index < -0.39 is 0 Å². The molecular weight excluding hydrogens is 244 g/mol. The molecule has 1 aromatic rings. The molecule has 1 aromatic heterocycles. The van der Waals surface area contributed by atoms with E-state index in [9.17, 15) is 0 Å². The van der Waals surface area contributed by atoms with E-state index in [2.05, 4.69) is 51.1 Å². The third kappa shape index (κ3) is 3.60. The average Bonchev–Trinajstić information content (AvgIpc) is 2.39. The minimum Gasteiger partial charge on any atom is -0.313 e. The minimum atomic E-state index is 0.461. The van der Waals surface area contributed by atoms with Gasteiger partial charge in [0, 0.05) is 18.4 Å². The first-order valence-corrected chi connectivity index (χ1v) is 8.00. The molecule has 0 amide bonds. The van der Waals surface area contributed by atoms with Crippen molar-refractivity contribution in [1.29, 1.82) is 0 Å². The molecular formula is C18H30N2. The van der Waals surface area contributed by atoms with Crippen LogP contribution in [0, 0.1) is 24.2 Å². The Hall–Kier alpha value is -0.890. The van der Waals surface area contributed by atoms with Crippen LogP contribution in [-0.2, 0) is 0 Å². The summed E-state index contributed by atoms with van der Waals surface area (Å²) in [5, 5.41) is 3.53. The molecule has 0 spiro atoms. The standard InChI is InChI=1S/C18H30N2/c1-13-10-15(12-20-11-13)17(19-5)14-6-8-16(9-7-14)18(2,3)4/h10-12,14,16-17,19H,6-9H2,1-5H3. The van der Waals surface area contributed by atoms with Gasteiger partial charge in [-0.15, -0.1) is 0 Å². The first-order valence-electron chi connectivity index (χ1n) is 8.00. The number of pyridine rings is 1. The molecule has 1 atom stereocenters. The Labute approximate surface area is 124 Å². The van der Waals surface area contributed by atoms with Crippen LogP contribution in [0.1, 0.15) is 63.6 Å². The van der Waals surface area contributed by atoms with Crippen LogP contribution in [0.15, 0.2) is 18.5 Å². The van der Waals surface area contributed by atoms with Crippen LogP contribution >= 0.6 is 0 Å². The van der Waals surface area contributed by atoms with Gasteiger partial charge < -0.3 is 5.32 Å². The summed E-state index contributed by atoms with van der Waals surface area (Å²) in [7, 11) is 2.09. The Balaban J connectivity index is 2.04. The van der Waals surface area contributed by atoms with Crippen LogP contribution in [0.2, 0.25) is 0 Å². The Kier molecular flexibility index (Phi) is 4.85. The van der Waals surface area contributed by atoms with Gasteiger partial charge >= 0.3 is 0 Å². The first kappa shape index (κ1) is 15.5. The topological polar surface area (TPSA) is 24.9 Å². The summed E-state index contributed by atoms with van der Waals surface area (Å²) < 4.78 is 0. The Morgan fingerprint density at radius 3 is 2.30 bits per heavy atom. The van der Waals surface area contributed by atoms with Gasteiger partial charge in [-0.05, 0) is 68.0 Å². The largest absolute Gasteiger partial charge is 0.313 e. The fraction of sp³-hybridized carbons (Fsp3) is 0.722. The van der Waals surface area contributed by atoms with Gasteiger partial charge in [-0.3, -0.25) is 4.98 Å². The van der Waals surface area contributed by atoms with Crippen molar-refractivity contribution in [1.82, 2.24) is 10.3 Å². The van der Waals surface area contributed by atoms with Crippen LogP contribution in [-0.4, -0.2) is 12.0 Å². The molecule has 1 saturated carbocycles. The highest BCUT2D eigenvalue weighted by Gasteiger charge is 2.32. The summed E-state index contributed by atoms with van der Waals surface area (Å²) in [6.45, 7) is 9.29. The second-order valence-electron chi connectivity index (χ2n) is 7.54. The van der Waals surface area contributed by atoms with E-state index in [4.69, 9.17) is 0 Å². The van der Waals surface area contributed by atoms with Gasteiger partial charge in [0.2, 0.25) is 0 Å². The molecule has 0 aliphatic heterocycles. The number of hydrogen-bond acceptors (Lipinski definition) is 2. The highest BCUT2D eigenvalue weighted by Crippen LogP contribution is 2.43. The summed E-state index contributed by atoms with van der Waals surface area (Å²) in [4.78, 5) is 4.36. The normalized spacial score (nSPS) is 25.4. The lowest BCUT2D eigenvalue weighted by atomic mass is 9.68. The number of aryl methyl sites for hydroxylation is 1. The maximum absolute atomic E-state index is 4.36. The Morgan fingerprint density at radius 1 is 1.15 bits per heavy atom. The summed E-state index contributed by atoms with van der Waals surface area (Å²) in [6.07, 6.45) is 9.37. The van der Waals surface area contributed by atoms with E-state index >= 15 is 0 Å². The zero-order valence-corrected chi connectivity index (χ0v) is 13.7. The third-order valence-electron chi connectivity index (χ3n) is 5.03. The fourth-order valence-corrected chi connectivity index (χ4v) is 3.74. The fourth-order valence-electron chi connectivity index (χ4n) is 3.74. The average molecular weight is 274 g/mol. The number of aromatic nitrogens is 1. The molecule has 0 bridgehead atoms. The third-order valence-corrected chi connectivity index (χ3v) is 5.03. The van der Waals surface area contributed by atoms with Crippen LogP contribution in [0.5, 0.6) is 0 Å². The van der Waals surface area contributed by atoms with Crippen molar-refractivity contribution in [3.63, 3.8) is 0 Å². The van der Waals surface area contributed by atoms with Crippen LogP contribution in [0.3, 0.4) is 0 Å². The maximum Gasteiger partial charge on any atom is 0.0361 e. The molecule has 1 aliphatic rings. The predicted octanol–water partition coefficient (Wildman–Crippen LogP) is 4.50. The van der Waals surface area contributed by atoms with Gasteiger partial charge in [0.25, 0.3) is 0 Å². The summed E-state index contributed by atoms with van der Waals surface area (Å²) in [6, 6.07) is 2.74. The molecule has 112 valence electrons. The lowest BCUT2D eigenvalue weighted by molar-refractivity contribution is 0.134. The minimum absolute atomic E-state index is 0.461. The van der Waals surface area contributed by atoms with Crippen molar-refractivity contribution in [2.75, 3.05) is 7.05 Å². The molecule has 0 saturated heterocycles. The summed E-state index contributed by atoms with van der Waals surface area (Å²) in [5.41, 5.74) is 3.07.